The number of aromatic nitrogens is 3. The topological polar surface area (TPSA) is 117 Å². The fourth-order valence-corrected chi connectivity index (χ4v) is 4.74. The maximum atomic E-state index is 12.6. The number of sulfonamides is 1. The molecule has 1 saturated heterocycles. The second-order valence-corrected chi connectivity index (χ2v) is 8.76. The molecule has 0 atom stereocenters. The first-order valence-corrected chi connectivity index (χ1v) is 10.9. The van der Waals surface area contributed by atoms with Crippen LogP contribution in [0.4, 0.5) is 5.95 Å². The average Bonchev–Trinajstić information content (AvgIpc) is 3.47. The Balaban J connectivity index is 1.44. The van der Waals surface area contributed by atoms with Gasteiger partial charge in [-0.25, -0.2) is 8.42 Å². The molecule has 2 heterocycles. The molecule has 10 heteroatoms. The number of hydrogen-bond acceptors (Lipinski definition) is 6. The Labute approximate surface area is 174 Å². The minimum atomic E-state index is -3.51. The van der Waals surface area contributed by atoms with Crippen molar-refractivity contribution in [1.29, 1.82) is 0 Å². The number of methoxy groups -OCH3 is 1. The van der Waals surface area contributed by atoms with Gasteiger partial charge in [-0.3, -0.25) is 15.2 Å². The Kier molecular flexibility index (Phi) is 5.51. The Morgan fingerprint density at radius 3 is 2.37 bits per heavy atom. The number of amides is 1. The van der Waals surface area contributed by atoms with Gasteiger partial charge in [0.2, 0.25) is 16.0 Å². The number of aromatic amines is 1. The lowest BCUT2D eigenvalue weighted by Gasteiger charge is -2.15. The maximum absolute atomic E-state index is 12.6. The molecule has 3 aromatic rings. The van der Waals surface area contributed by atoms with Crippen molar-refractivity contribution in [3.05, 3.63) is 54.1 Å². The fraction of sp³-hybridized carbons (Fsp3) is 0.250. The van der Waals surface area contributed by atoms with Crippen molar-refractivity contribution in [1.82, 2.24) is 19.5 Å². The molecule has 1 amide bonds. The van der Waals surface area contributed by atoms with E-state index in [1.54, 1.807) is 19.2 Å². The summed E-state index contributed by atoms with van der Waals surface area (Å²) in [7, 11) is -1.92. The highest BCUT2D eigenvalue weighted by atomic mass is 32.2. The normalized spacial score (nSPS) is 14.6. The van der Waals surface area contributed by atoms with Gasteiger partial charge in [0, 0.05) is 24.2 Å². The number of H-pyrrole nitrogens is 1. The lowest BCUT2D eigenvalue weighted by molar-refractivity contribution is 0.102. The van der Waals surface area contributed by atoms with Crippen LogP contribution in [-0.2, 0) is 10.0 Å². The highest BCUT2D eigenvalue weighted by Crippen LogP contribution is 2.22. The van der Waals surface area contributed by atoms with Crippen molar-refractivity contribution in [3.8, 4) is 17.1 Å². The Bertz CT molecular complexity index is 1130. The van der Waals surface area contributed by atoms with Crippen LogP contribution in [0.25, 0.3) is 11.4 Å². The van der Waals surface area contributed by atoms with Gasteiger partial charge >= 0.3 is 0 Å². The monoisotopic (exact) mass is 427 g/mol. The summed E-state index contributed by atoms with van der Waals surface area (Å²) in [5.74, 6) is 0.918. The fourth-order valence-electron chi connectivity index (χ4n) is 3.23. The highest BCUT2D eigenvalue weighted by molar-refractivity contribution is 7.89. The first-order chi connectivity index (χ1) is 14.5. The molecule has 1 aliphatic rings. The number of nitrogens with zero attached hydrogens (tertiary/aromatic N) is 3. The summed E-state index contributed by atoms with van der Waals surface area (Å²) >= 11 is 0. The number of nitrogens with one attached hydrogen (secondary N) is 2. The number of ether oxygens (including phenoxy) is 1. The first kappa shape index (κ1) is 20.0. The first-order valence-electron chi connectivity index (χ1n) is 9.46. The van der Waals surface area contributed by atoms with Gasteiger partial charge in [0.05, 0.1) is 12.0 Å². The second-order valence-electron chi connectivity index (χ2n) is 6.83. The SMILES string of the molecule is COc1ccc(-c2nc(NC(=O)c3ccc(S(=O)(=O)N4CCCC4)cc3)n[nH]2)cc1. The molecule has 4 rings (SSSR count). The van der Waals surface area contributed by atoms with E-state index in [0.717, 1.165) is 24.2 Å². The predicted molar refractivity (Wildman–Crippen MR) is 111 cm³/mol. The van der Waals surface area contributed by atoms with E-state index in [1.165, 1.54) is 28.6 Å². The van der Waals surface area contributed by atoms with E-state index in [1.807, 2.05) is 12.1 Å². The third-order valence-corrected chi connectivity index (χ3v) is 6.81. The van der Waals surface area contributed by atoms with Crippen molar-refractivity contribution in [3.63, 3.8) is 0 Å². The van der Waals surface area contributed by atoms with Crippen molar-refractivity contribution in [2.45, 2.75) is 17.7 Å². The Morgan fingerprint density at radius 2 is 1.73 bits per heavy atom. The van der Waals surface area contributed by atoms with Gasteiger partial charge in [0.1, 0.15) is 5.75 Å². The lowest BCUT2D eigenvalue weighted by atomic mass is 10.2. The third kappa shape index (κ3) is 4.05. The molecule has 1 fully saturated rings. The molecule has 156 valence electrons. The van der Waals surface area contributed by atoms with Crippen LogP contribution in [-0.4, -0.2) is 54.0 Å². The molecule has 9 nitrogen and oxygen atoms in total. The quantitative estimate of drug-likeness (QED) is 0.624. The zero-order valence-electron chi connectivity index (χ0n) is 16.3. The number of anilines is 1. The number of carbonyl (C=O) groups is 1. The van der Waals surface area contributed by atoms with E-state index >= 15 is 0 Å². The molecule has 2 aromatic carbocycles. The third-order valence-electron chi connectivity index (χ3n) is 4.89. The largest absolute Gasteiger partial charge is 0.497 e. The number of hydrogen-bond donors (Lipinski definition) is 2. The number of benzene rings is 2. The molecular weight excluding hydrogens is 406 g/mol. The van der Waals surface area contributed by atoms with Crippen LogP contribution in [0.2, 0.25) is 0 Å². The van der Waals surface area contributed by atoms with E-state index in [4.69, 9.17) is 4.74 Å². The van der Waals surface area contributed by atoms with Gasteiger partial charge in [-0.15, -0.1) is 5.10 Å². The van der Waals surface area contributed by atoms with Gasteiger partial charge in [-0.05, 0) is 61.4 Å². The van der Waals surface area contributed by atoms with Gasteiger partial charge in [0.15, 0.2) is 5.82 Å². The van der Waals surface area contributed by atoms with Gasteiger partial charge in [-0.2, -0.15) is 9.29 Å². The summed E-state index contributed by atoms with van der Waals surface area (Å²) in [6, 6.07) is 13.1. The minimum Gasteiger partial charge on any atom is -0.497 e. The molecule has 1 aliphatic heterocycles. The standard InChI is InChI=1S/C20H21N5O4S/c1-29-16-8-4-14(5-9-16)18-21-20(24-23-18)22-19(26)15-6-10-17(11-7-15)30(27,28)25-12-2-3-13-25/h4-11H,2-3,12-13H2,1H3,(H2,21,22,23,24,26). The van der Waals surface area contributed by atoms with Crippen molar-refractivity contribution >= 4 is 21.9 Å². The molecule has 2 N–H and O–H groups in total. The maximum Gasteiger partial charge on any atom is 0.258 e. The molecular formula is C20H21N5O4S. The zero-order chi connectivity index (χ0) is 21.1. The Hall–Kier alpha value is -3.24. The van der Waals surface area contributed by atoms with Crippen LogP contribution in [0.1, 0.15) is 23.2 Å². The van der Waals surface area contributed by atoms with Crippen LogP contribution in [0.3, 0.4) is 0 Å². The van der Waals surface area contributed by atoms with Crippen LogP contribution < -0.4 is 10.1 Å². The molecule has 0 spiro atoms. The molecule has 0 saturated carbocycles. The number of rotatable bonds is 6. The van der Waals surface area contributed by atoms with Gasteiger partial charge in [-0.1, -0.05) is 0 Å². The van der Waals surface area contributed by atoms with Crippen LogP contribution in [0, 0.1) is 0 Å². The molecule has 1 aromatic heterocycles. The molecule has 0 aliphatic carbocycles. The van der Waals surface area contributed by atoms with Crippen LogP contribution in [0.5, 0.6) is 5.75 Å². The summed E-state index contributed by atoms with van der Waals surface area (Å²) in [5, 5.41) is 9.39. The van der Waals surface area contributed by atoms with Crippen molar-refractivity contribution in [2.75, 3.05) is 25.5 Å². The van der Waals surface area contributed by atoms with Crippen molar-refractivity contribution in [2.24, 2.45) is 0 Å². The second kappa shape index (κ2) is 8.25. The molecule has 0 bridgehead atoms. The zero-order valence-corrected chi connectivity index (χ0v) is 17.1. The summed E-state index contributed by atoms with van der Waals surface area (Å²) < 4.78 is 31.8. The predicted octanol–water partition coefficient (Wildman–Crippen LogP) is 2.52. The minimum absolute atomic E-state index is 0.125. The van der Waals surface area contributed by atoms with Crippen LogP contribution >= 0.6 is 0 Å². The average molecular weight is 427 g/mol. The van der Waals surface area contributed by atoms with Gasteiger partial charge in [0.25, 0.3) is 5.91 Å². The van der Waals surface area contributed by atoms with Crippen LogP contribution in [0.15, 0.2) is 53.4 Å². The van der Waals surface area contributed by atoms with E-state index < -0.39 is 15.9 Å². The van der Waals surface area contributed by atoms with Crippen molar-refractivity contribution < 1.29 is 17.9 Å². The summed E-state index contributed by atoms with van der Waals surface area (Å²) in [5.41, 5.74) is 1.10. The Morgan fingerprint density at radius 1 is 1.07 bits per heavy atom. The summed E-state index contributed by atoms with van der Waals surface area (Å²) in [4.78, 5) is 16.9. The molecule has 30 heavy (non-hydrogen) atoms. The molecule has 0 radical (unpaired) electrons. The summed E-state index contributed by atoms with van der Waals surface area (Å²) in [6.07, 6.45) is 1.74. The number of carbonyl (C=O) groups excluding carboxylic acids is 1. The summed E-state index contributed by atoms with van der Waals surface area (Å²) in [6.45, 7) is 1.07. The highest BCUT2D eigenvalue weighted by Gasteiger charge is 2.27. The van der Waals surface area contributed by atoms with E-state index in [9.17, 15) is 13.2 Å². The van der Waals surface area contributed by atoms with E-state index in [0.29, 0.717) is 24.5 Å². The van der Waals surface area contributed by atoms with E-state index in [2.05, 4.69) is 20.5 Å². The van der Waals surface area contributed by atoms with E-state index in [-0.39, 0.29) is 10.8 Å². The molecule has 0 unspecified atom stereocenters. The lowest BCUT2D eigenvalue weighted by Crippen LogP contribution is -2.27. The van der Waals surface area contributed by atoms with Gasteiger partial charge < -0.3 is 4.74 Å². The smallest absolute Gasteiger partial charge is 0.258 e.